The van der Waals surface area contributed by atoms with Gasteiger partial charge in [-0.25, -0.2) is 12.8 Å². The number of amides is 1. The molecule has 0 spiro atoms. The number of carbonyl (C=O) groups excluding carboxylic acids is 1. The zero-order chi connectivity index (χ0) is 19.6. The van der Waals surface area contributed by atoms with Crippen LogP contribution in [0.4, 0.5) is 15.8 Å². The van der Waals surface area contributed by atoms with Crippen molar-refractivity contribution < 1.29 is 17.6 Å². The number of hydrogen-bond acceptors (Lipinski definition) is 3. The number of rotatable bonds is 5. The summed E-state index contributed by atoms with van der Waals surface area (Å²) >= 11 is 0. The maximum atomic E-state index is 14.4. The molecule has 0 fully saturated rings. The Kier molecular flexibility index (Phi) is 5.51. The van der Waals surface area contributed by atoms with E-state index in [1.54, 1.807) is 17.9 Å². The number of fused-ring (bicyclic) bond motifs is 1. The van der Waals surface area contributed by atoms with Gasteiger partial charge in [-0.2, -0.15) is 0 Å². The van der Waals surface area contributed by atoms with Gasteiger partial charge in [0.15, 0.2) is 0 Å². The van der Waals surface area contributed by atoms with Crippen LogP contribution >= 0.6 is 0 Å². The van der Waals surface area contributed by atoms with Gasteiger partial charge in [-0.05, 0) is 43.0 Å². The summed E-state index contributed by atoms with van der Waals surface area (Å²) in [6.07, 6.45) is 2.91. The van der Waals surface area contributed by atoms with Crippen molar-refractivity contribution in [2.24, 2.45) is 0 Å². The molecule has 2 aromatic rings. The van der Waals surface area contributed by atoms with E-state index in [9.17, 15) is 17.6 Å². The van der Waals surface area contributed by atoms with Gasteiger partial charge >= 0.3 is 0 Å². The van der Waals surface area contributed by atoms with Crippen LogP contribution in [0.5, 0.6) is 0 Å². The first kappa shape index (κ1) is 19.4. The lowest BCUT2D eigenvalue weighted by Gasteiger charge is -2.36. The zero-order valence-electron chi connectivity index (χ0n) is 15.4. The van der Waals surface area contributed by atoms with Gasteiger partial charge in [0.1, 0.15) is 11.9 Å². The zero-order valence-corrected chi connectivity index (χ0v) is 16.2. The molecule has 1 aliphatic heterocycles. The Balaban J connectivity index is 2.05. The third-order valence-electron chi connectivity index (χ3n) is 4.78. The van der Waals surface area contributed by atoms with Gasteiger partial charge in [0.05, 0.1) is 11.9 Å². The fourth-order valence-electron chi connectivity index (χ4n) is 3.59. The molecule has 5 nitrogen and oxygen atoms in total. The summed E-state index contributed by atoms with van der Waals surface area (Å²) in [5, 5.41) is 0. The van der Waals surface area contributed by atoms with Crippen molar-refractivity contribution in [1.29, 1.82) is 0 Å². The number of benzene rings is 2. The first-order valence-electron chi connectivity index (χ1n) is 8.97. The molecule has 0 aromatic heterocycles. The minimum absolute atomic E-state index is 0.106. The Morgan fingerprint density at radius 2 is 1.85 bits per heavy atom. The first-order chi connectivity index (χ1) is 12.8. The molecule has 0 bridgehead atoms. The van der Waals surface area contributed by atoms with Gasteiger partial charge in [0.2, 0.25) is 10.0 Å². The van der Waals surface area contributed by atoms with Crippen molar-refractivity contribution in [1.82, 2.24) is 0 Å². The molecule has 0 aliphatic carbocycles. The van der Waals surface area contributed by atoms with Crippen molar-refractivity contribution in [3.8, 4) is 0 Å². The molecule has 3 rings (SSSR count). The lowest BCUT2D eigenvalue weighted by Crippen LogP contribution is -2.52. The van der Waals surface area contributed by atoms with Gasteiger partial charge < -0.3 is 4.90 Å². The summed E-state index contributed by atoms with van der Waals surface area (Å²) < 4.78 is 40.3. The second kappa shape index (κ2) is 7.68. The van der Waals surface area contributed by atoms with Crippen molar-refractivity contribution in [2.75, 3.05) is 22.0 Å². The van der Waals surface area contributed by atoms with Gasteiger partial charge in [-0.1, -0.05) is 37.3 Å². The number of carbonyl (C=O) groups is 1. The van der Waals surface area contributed by atoms with E-state index >= 15 is 0 Å². The van der Waals surface area contributed by atoms with Crippen molar-refractivity contribution in [3.05, 3.63) is 59.9 Å². The van der Waals surface area contributed by atoms with Crippen LogP contribution in [0.25, 0.3) is 0 Å². The van der Waals surface area contributed by atoms with E-state index in [4.69, 9.17) is 0 Å². The highest BCUT2D eigenvalue weighted by molar-refractivity contribution is 7.92. The number of nitrogens with zero attached hydrogens (tertiary/aromatic N) is 2. The molecule has 27 heavy (non-hydrogen) atoms. The smallest absolute Gasteiger partial charge is 0.250 e. The van der Waals surface area contributed by atoms with E-state index in [-0.39, 0.29) is 18.0 Å². The summed E-state index contributed by atoms with van der Waals surface area (Å²) in [6.45, 7) is 2.25. The molecule has 0 saturated heterocycles. The Labute approximate surface area is 159 Å². The van der Waals surface area contributed by atoms with Crippen molar-refractivity contribution >= 4 is 27.3 Å². The molecular formula is C20H23FN2O3S. The molecule has 1 amide bonds. The highest BCUT2D eigenvalue weighted by Crippen LogP contribution is 2.31. The second-order valence-electron chi connectivity index (χ2n) is 6.66. The van der Waals surface area contributed by atoms with Crippen LogP contribution in [0.1, 0.15) is 25.3 Å². The van der Waals surface area contributed by atoms with Crippen LogP contribution < -0.4 is 9.21 Å². The fourth-order valence-corrected chi connectivity index (χ4v) is 4.80. The molecule has 2 aromatic carbocycles. The van der Waals surface area contributed by atoms with Crippen LogP contribution in [-0.2, 0) is 21.2 Å². The number of halogens is 1. The molecule has 144 valence electrons. The molecule has 1 aliphatic rings. The Morgan fingerprint density at radius 1 is 1.19 bits per heavy atom. The van der Waals surface area contributed by atoms with E-state index in [0.29, 0.717) is 6.54 Å². The van der Waals surface area contributed by atoms with Crippen LogP contribution in [0, 0.1) is 5.82 Å². The number of sulfonamides is 1. The quantitative estimate of drug-likeness (QED) is 0.787. The van der Waals surface area contributed by atoms with Crippen LogP contribution in [0.2, 0.25) is 0 Å². The van der Waals surface area contributed by atoms with Gasteiger partial charge in [-0.3, -0.25) is 9.10 Å². The van der Waals surface area contributed by atoms with E-state index in [2.05, 4.69) is 0 Å². The average Bonchev–Trinajstić information content (AvgIpc) is 2.65. The lowest BCUT2D eigenvalue weighted by atomic mass is 10.0. The van der Waals surface area contributed by atoms with Gasteiger partial charge in [0, 0.05) is 12.2 Å². The van der Waals surface area contributed by atoms with Crippen LogP contribution in [0.15, 0.2) is 48.5 Å². The summed E-state index contributed by atoms with van der Waals surface area (Å²) in [5.74, 6) is -1.01. The summed E-state index contributed by atoms with van der Waals surface area (Å²) in [6, 6.07) is 12.2. The first-order valence-corrected chi connectivity index (χ1v) is 10.8. The van der Waals surface area contributed by atoms with Crippen molar-refractivity contribution in [2.45, 2.75) is 32.2 Å². The average molecular weight is 390 g/mol. The third-order valence-corrected chi connectivity index (χ3v) is 5.94. The fraction of sp³-hybridized carbons (Fsp3) is 0.350. The normalized spacial score (nSPS) is 15.1. The minimum atomic E-state index is -3.87. The number of hydrogen-bond donors (Lipinski definition) is 0. The van der Waals surface area contributed by atoms with E-state index in [1.165, 1.54) is 18.2 Å². The van der Waals surface area contributed by atoms with Crippen LogP contribution in [0.3, 0.4) is 0 Å². The maximum absolute atomic E-state index is 14.4. The summed E-state index contributed by atoms with van der Waals surface area (Å²) in [5.41, 5.74) is 1.75. The number of anilines is 2. The third kappa shape index (κ3) is 3.83. The Morgan fingerprint density at radius 3 is 2.52 bits per heavy atom. The molecule has 0 saturated carbocycles. The monoisotopic (exact) mass is 390 g/mol. The summed E-state index contributed by atoms with van der Waals surface area (Å²) in [4.78, 5) is 15.0. The molecule has 0 unspecified atom stereocenters. The molecule has 0 N–H and O–H groups in total. The SMILES string of the molecule is CC[C@H](C(=O)N1CCCc2ccccc21)N(c1ccccc1F)S(C)(=O)=O. The maximum Gasteiger partial charge on any atom is 0.250 e. The number of para-hydroxylation sites is 2. The minimum Gasteiger partial charge on any atom is -0.310 e. The lowest BCUT2D eigenvalue weighted by molar-refractivity contribution is -0.119. The van der Waals surface area contributed by atoms with Crippen LogP contribution in [-0.4, -0.2) is 33.2 Å². The van der Waals surface area contributed by atoms with E-state index < -0.39 is 21.9 Å². The number of aryl methyl sites for hydroxylation is 1. The molecule has 1 atom stereocenters. The standard InChI is InChI=1S/C20H23FN2O3S/c1-3-17(23(27(2,25)26)19-13-7-5-11-16(19)21)20(24)22-14-8-10-15-9-4-6-12-18(15)22/h4-7,9,11-13,17H,3,8,10,14H2,1-2H3/t17-/m1/s1. The van der Waals surface area contributed by atoms with Gasteiger partial charge in [-0.15, -0.1) is 0 Å². The van der Waals surface area contributed by atoms with Crippen molar-refractivity contribution in [3.63, 3.8) is 0 Å². The largest absolute Gasteiger partial charge is 0.310 e. The van der Waals surface area contributed by atoms with E-state index in [0.717, 1.165) is 34.7 Å². The molecule has 1 heterocycles. The predicted molar refractivity (Wildman–Crippen MR) is 105 cm³/mol. The van der Waals surface area contributed by atoms with E-state index in [1.807, 2.05) is 24.3 Å². The highest BCUT2D eigenvalue weighted by atomic mass is 32.2. The molecule has 7 heteroatoms. The second-order valence-corrected chi connectivity index (χ2v) is 8.52. The molecule has 0 radical (unpaired) electrons. The van der Waals surface area contributed by atoms with Gasteiger partial charge in [0.25, 0.3) is 5.91 Å². The highest BCUT2D eigenvalue weighted by Gasteiger charge is 2.37. The molecular weight excluding hydrogens is 367 g/mol. The summed E-state index contributed by atoms with van der Waals surface area (Å²) in [7, 11) is -3.87. The topological polar surface area (TPSA) is 57.7 Å². The Bertz CT molecular complexity index is 946. The predicted octanol–water partition coefficient (Wildman–Crippen LogP) is 3.35. The Hall–Kier alpha value is -2.41.